The average Bonchev–Trinajstić information content (AvgIpc) is 3.11. The van der Waals surface area contributed by atoms with E-state index in [0.717, 1.165) is 6.07 Å². The van der Waals surface area contributed by atoms with Gasteiger partial charge in [0.2, 0.25) is 0 Å². The quantitative estimate of drug-likeness (QED) is 0.692. The summed E-state index contributed by atoms with van der Waals surface area (Å²) in [4.78, 5) is 14.6. The predicted octanol–water partition coefficient (Wildman–Crippen LogP) is 5.08. The van der Waals surface area contributed by atoms with Gasteiger partial charge in [0.1, 0.15) is 17.2 Å². The number of nitrogens with one attached hydrogen (secondary N) is 2. The van der Waals surface area contributed by atoms with Crippen molar-refractivity contribution in [1.29, 1.82) is 0 Å². The van der Waals surface area contributed by atoms with Gasteiger partial charge < -0.3 is 15.0 Å². The molecule has 0 fully saturated rings. The maximum Gasteiger partial charge on any atom is 0.418 e. The second-order valence-electron chi connectivity index (χ2n) is 5.16. The summed E-state index contributed by atoms with van der Waals surface area (Å²) in [7, 11) is 0. The van der Waals surface area contributed by atoms with E-state index >= 15 is 0 Å². The third-order valence-corrected chi connectivity index (χ3v) is 3.37. The first-order chi connectivity index (χ1) is 11.9. The lowest BCUT2D eigenvalue weighted by Crippen LogP contribution is -2.17. The highest BCUT2D eigenvalue weighted by molar-refractivity contribution is 6.03. The van der Waals surface area contributed by atoms with Crippen LogP contribution in [-0.2, 0) is 6.18 Å². The fourth-order valence-corrected chi connectivity index (χ4v) is 2.22. The largest absolute Gasteiger partial charge is 0.457 e. The zero-order chi connectivity index (χ0) is 17.9. The third-order valence-electron chi connectivity index (χ3n) is 3.37. The number of anilines is 1. The number of hydrogen-bond donors (Lipinski definition) is 2. The van der Waals surface area contributed by atoms with Crippen LogP contribution < -0.4 is 10.1 Å². The van der Waals surface area contributed by atoms with Crippen LogP contribution in [0.5, 0.6) is 11.5 Å². The highest BCUT2D eigenvalue weighted by Crippen LogP contribution is 2.38. The highest BCUT2D eigenvalue weighted by atomic mass is 19.4. The molecule has 3 rings (SSSR count). The molecule has 0 saturated carbocycles. The van der Waals surface area contributed by atoms with E-state index in [0.29, 0.717) is 5.75 Å². The van der Waals surface area contributed by atoms with Crippen molar-refractivity contribution in [2.75, 3.05) is 5.32 Å². The monoisotopic (exact) mass is 346 g/mol. The molecule has 0 spiro atoms. The van der Waals surface area contributed by atoms with Crippen LogP contribution >= 0.6 is 0 Å². The van der Waals surface area contributed by atoms with Crippen LogP contribution in [0.15, 0.2) is 66.9 Å². The van der Waals surface area contributed by atoms with Gasteiger partial charge >= 0.3 is 6.18 Å². The summed E-state index contributed by atoms with van der Waals surface area (Å²) in [5, 5.41) is 2.26. The Bertz CT molecular complexity index is 860. The first-order valence-corrected chi connectivity index (χ1v) is 7.32. The molecule has 0 aliphatic heterocycles. The number of rotatable bonds is 4. The summed E-state index contributed by atoms with van der Waals surface area (Å²) in [6, 6.07) is 14.9. The van der Waals surface area contributed by atoms with Crippen molar-refractivity contribution in [1.82, 2.24) is 4.98 Å². The topological polar surface area (TPSA) is 54.1 Å². The van der Waals surface area contributed by atoms with Crippen LogP contribution in [0.4, 0.5) is 18.9 Å². The van der Waals surface area contributed by atoms with E-state index in [1.807, 2.05) is 0 Å². The smallest absolute Gasteiger partial charge is 0.418 e. The summed E-state index contributed by atoms with van der Waals surface area (Å²) < 4.78 is 45.5. The van der Waals surface area contributed by atoms with E-state index < -0.39 is 17.6 Å². The lowest BCUT2D eigenvalue weighted by Gasteiger charge is -2.15. The predicted molar refractivity (Wildman–Crippen MR) is 86.7 cm³/mol. The van der Waals surface area contributed by atoms with Crippen molar-refractivity contribution in [3.05, 3.63) is 78.1 Å². The Kier molecular flexibility index (Phi) is 4.47. The van der Waals surface area contributed by atoms with Gasteiger partial charge in [0.25, 0.3) is 5.91 Å². The number of para-hydroxylation sites is 1. The van der Waals surface area contributed by atoms with Gasteiger partial charge in [0, 0.05) is 6.20 Å². The van der Waals surface area contributed by atoms with E-state index in [1.54, 1.807) is 36.4 Å². The van der Waals surface area contributed by atoms with E-state index in [4.69, 9.17) is 4.74 Å². The zero-order valence-corrected chi connectivity index (χ0v) is 12.8. The minimum Gasteiger partial charge on any atom is -0.457 e. The number of aromatic amines is 1. The van der Waals surface area contributed by atoms with Crippen LogP contribution in [0.1, 0.15) is 16.1 Å². The molecule has 4 nitrogen and oxygen atoms in total. The van der Waals surface area contributed by atoms with Gasteiger partial charge in [-0.05, 0) is 42.5 Å². The molecule has 0 saturated heterocycles. The van der Waals surface area contributed by atoms with Crippen molar-refractivity contribution < 1.29 is 22.7 Å². The number of aromatic nitrogens is 1. The molecule has 1 amide bonds. The third kappa shape index (κ3) is 4.00. The Morgan fingerprint density at radius 1 is 0.960 bits per heavy atom. The summed E-state index contributed by atoms with van der Waals surface area (Å²) in [5.41, 5.74) is -1.16. The van der Waals surface area contributed by atoms with Crippen molar-refractivity contribution in [3.8, 4) is 11.5 Å². The van der Waals surface area contributed by atoms with Gasteiger partial charge in [-0.2, -0.15) is 13.2 Å². The van der Waals surface area contributed by atoms with Gasteiger partial charge in [-0.25, -0.2) is 0 Å². The maximum atomic E-state index is 13.3. The van der Waals surface area contributed by atoms with E-state index in [-0.39, 0.29) is 17.1 Å². The number of H-pyrrole nitrogens is 1. The Morgan fingerprint density at radius 3 is 2.36 bits per heavy atom. The number of halogens is 3. The summed E-state index contributed by atoms with van der Waals surface area (Å²) in [6.45, 7) is 0. The molecule has 0 aliphatic carbocycles. The normalized spacial score (nSPS) is 11.2. The molecule has 0 bridgehead atoms. The van der Waals surface area contributed by atoms with Gasteiger partial charge in [0.05, 0.1) is 11.3 Å². The standard InChI is InChI=1S/C18H13F3N2O2/c19-18(20,21)14-11-13(25-12-5-2-1-3-6-12)8-9-15(14)23-17(24)16-7-4-10-22-16/h1-11,22H,(H,23,24). The van der Waals surface area contributed by atoms with Gasteiger partial charge in [-0.3, -0.25) is 4.79 Å². The molecule has 2 aromatic carbocycles. The van der Waals surface area contributed by atoms with Crippen molar-refractivity contribution in [3.63, 3.8) is 0 Å². The first-order valence-electron chi connectivity index (χ1n) is 7.32. The van der Waals surface area contributed by atoms with Crippen LogP contribution in [-0.4, -0.2) is 10.9 Å². The Labute approximate surface area is 141 Å². The Balaban J connectivity index is 1.89. The zero-order valence-electron chi connectivity index (χ0n) is 12.8. The van der Waals surface area contributed by atoms with E-state index in [2.05, 4.69) is 10.3 Å². The highest BCUT2D eigenvalue weighted by Gasteiger charge is 2.34. The number of ether oxygens (including phenoxy) is 1. The number of amides is 1. The summed E-state index contributed by atoms with van der Waals surface area (Å²) in [5.74, 6) is -0.220. The van der Waals surface area contributed by atoms with Crippen LogP contribution in [0.3, 0.4) is 0 Å². The summed E-state index contributed by atoms with van der Waals surface area (Å²) in [6.07, 6.45) is -3.13. The Hall–Kier alpha value is -3.22. The molecule has 7 heteroatoms. The molecule has 3 aromatic rings. The molecule has 25 heavy (non-hydrogen) atoms. The number of benzene rings is 2. The average molecular weight is 346 g/mol. The molecule has 128 valence electrons. The summed E-state index contributed by atoms with van der Waals surface area (Å²) >= 11 is 0. The fourth-order valence-electron chi connectivity index (χ4n) is 2.22. The van der Waals surface area contributed by atoms with Crippen molar-refractivity contribution in [2.24, 2.45) is 0 Å². The van der Waals surface area contributed by atoms with Crippen LogP contribution in [0.2, 0.25) is 0 Å². The number of hydrogen-bond acceptors (Lipinski definition) is 2. The van der Waals surface area contributed by atoms with Crippen LogP contribution in [0.25, 0.3) is 0 Å². The fraction of sp³-hybridized carbons (Fsp3) is 0.0556. The van der Waals surface area contributed by atoms with Gasteiger partial charge in [-0.15, -0.1) is 0 Å². The van der Waals surface area contributed by atoms with E-state index in [1.165, 1.54) is 24.4 Å². The second-order valence-corrected chi connectivity index (χ2v) is 5.16. The van der Waals surface area contributed by atoms with Crippen molar-refractivity contribution >= 4 is 11.6 Å². The number of alkyl halides is 3. The lowest BCUT2D eigenvalue weighted by atomic mass is 10.1. The molecule has 0 atom stereocenters. The van der Waals surface area contributed by atoms with Crippen molar-refractivity contribution in [2.45, 2.75) is 6.18 Å². The van der Waals surface area contributed by atoms with Crippen LogP contribution in [0, 0.1) is 0 Å². The van der Waals surface area contributed by atoms with Gasteiger partial charge in [0.15, 0.2) is 0 Å². The minimum atomic E-state index is -4.64. The molecule has 0 unspecified atom stereocenters. The molecule has 1 heterocycles. The molecular weight excluding hydrogens is 333 g/mol. The molecule has 0 aliphatic rings. The molecule has 2 N–H and O–H groups in total. The maximum absolute atomic E-state index is 13.3. The molecular formula is C18H13F3N2O2. The second kappa shape index (κ2) is 6.72. The van der Waals surface area contributed by atoms with E-state index in [9.17, 15) is 18.0 Å². The molecule has 0 radical (unpaired) electrons. The Morgan fingerprint density at radius 2 is 1.72 bits per heavy atom. The first kappa shape index (κ1) is 16.6. The molecule has 1 aromatic heterocycles. The minimum absolute atomic E-state index is 0.0244. The number of carbonyl (C=O) groups excluding carboxylic acids is 1. The lowest BCUT2D eigenvalue weighted by molar-refractivity contribution is -0.137. The van der Waals surface area contributed by atoms with Gasteiger partial charge in [-0.1, -0.05) is 18.2 Å². The number of carbonyl (C=O) groups is 1. The SMILES string of the molecule is O=C(Nc1ccc(Oc2ccccc2)cc1C(F)(F)F)c1ccc[nH]1.